The van der Waals surface area contributed by atoms with Crippen molar-refractivity contribution < 1.29 is 4.52 Å². The van der Waals surface area contributed by atoms with E-state index in [0.717, 1.165) is 0 Å². The quantitative estimate of drug-likeness (QED) is 0.789. The smallest absolute Gasteiger partial charge is 0.285 e. The molecule has 0 bridgehead atoms. The third-order valence-corrected chi connectivity index (χ3v) is 2.74. The number of nitrogens with zero attached hydrogens (tertiary/aromatic N) is 4. The van der Waals surface area contributed by atoms with Gasteiger partial charge in [0.05, 0.1) is 12.2 Å². The van der Waals surface area contributed by atoms with Crippen LogP contribution >= 0.6 is 0 Å². The standard InChI is InChI=1S/C12H12N4O2/c1-7-4-10(15-18-7)6-16-12(17)11(5-13)8(2)9(3)14-16/h4H,6H2,1-3H3. The predicted molar refractivity (Wildman–Crippen MR) is 63.0 cm³/mol. The summed E-state index contributed by atoms with van der Waals surface area (Å²) in [7, 11) is 0. The van der Waals surface area contributed by atoms with Crippen molar-refractivity contribution in [3.8, 4) is 6.07 Å². The first-order valence-electron chi connectivity index (χ1n) is 5.43. The molecule has 92 valence electrons. The van der Waals surface area contributed by atoms with E-state index in [1.807, 2.05) is 6.07 Å². The van der Waals surface area contributed by atoms with Crippen LogP contribution in [0.2, 0.25) is 0 Å². The fourth-order valence-corrected chi connectivity index (χ4v) is 1.66. The van der Waals surface area contributed by atoms with Crippen molar-refractivity contribution in [2.24, 2.45) is 0 Å². The molecule has 0 saturated heterocycles. The van der Waals surface area contributed by atoms with Crippen molar-refractivity contribution in [3.63, 3.8) is 0 Å². The van der Waals surface area contributed by atoms with Crippen molar-refractivity contribution in [2.45, 2.75) is 27.3 Å². The first kappa shape index (κ1) is 12.0. The molecule has 2 aromatic rings. The van der Waals surface area contributed by atoms with Gasteiger partial charge in [0, 0.05) is 6.07 Å². The molecule has 0 aliphatic rings. The lowest BCUT2D eigenvalue weighted by Crippen LogP contribution is -2.28. The van der Waals surface area contributed by atoms with Gasteiger partial charge < -0.3 is 4.52 Å². The van der Waals surface area contributed by atoms with Crippen molar-refractivity contribution in [2.75, 3.05) is 0 Å². The minimum Gasteiger partial charge on any atom is -0.361 e. The first-order valence-corrected chi connectivity index (χ1v) is 5.43. The Morgan fingerprint density at radius 2 is 2.17 bits per heavy atom. The monoisotopic (exact) mass is 244 g/mol. The van der Waals surface area contributed by atoms with E-state index >= 15 is 0 Å². The van der Waals surface area contributed by atoms with Gasteiger partial charge in [-0.1, -0.05) is 5.16 Å². The predicted octanol–water partition coefficient (Wildman–Crippen LogP) is 1.08. The molecule has 0 fully saturated rings. The van der Waals surface area contributed by atoms with Gasteiger partial charge in [0.2, 0.25) is 0 Å². The minimum atomic E-state index is -0.402. The number of hydrogen-bond donors (Lipinski definition) is 0. The van der Waals surface area contributed by atoms with Crippen LogP contribution in [0.15, 0.2) is 15.4 Å². The summed E-state index contributed by atoms with van der Waals surface area (Å²) >= 11 is 0. The third-order valence-electron chi connectivity index (χ3n) is 2.74. The second-order valence-electron chi connectivity index (χ2n) is 4.09. The lowest BCUT2D eigenvalue weighted by atomic mass is 10.1. The number of aromatic nitrogens is 3. The van der Waals surface area contributed by atoms with Gasteiger partial charge in [-0.05, 0) is 26.3 Å². The highest BCUT2D eigenvalue weighted by Crippen LogP contribution is 2.07. The third kappa shape index (κ3) is 2.02. The van der Waals surface area contributed by atoms with E-state index < -0.39 is 5.56 Å². The normalized spacial score (nSPS) is 10.3. The second-order valence-corrected chi connectivity index (χ2v) is 4.09. The van der Waals surface area contributed by atoms with Crippen LogP contribution < -0.4 is 5.56 Å². The minimum absolute atomic E-state index is 0.128. The Labute approximate surface area is 103 Å². The zero-order chi connectivity index (χ0) is 13.3. The van der Waals surface area contributed by atoms with Crippen LogP contribution in [-0.4, -0.2) is 14.9 Å². The SMILES string of the molecule is Cc1cc(Cn2nc(C)c(C)c(C#N)c2=O)no1. The Morgan fingerprint density at radius 3 is 2.72 bits per heavy atom. The second kappa shape index (κ2) is 4.45. The maximum absolute atomic E-state index is 12.0. The topological polar surface area (TPSA) is 84.7 Å². The number of nitriles is 1. The van der Waals surface area contributed by atoms with Crippen molar-refractivity contribution in [3.05, 3.63) is 44.7 Å². The maximum Gasteiger partial charge on any atom is 0.285 e. The van der Waals surface area contributed by atoms with Gasteiger partial charge in [-0.25, -0.2) is 4.68 Å². The summed E-state index contributed by atoms with van der Waals surface area (Å²) in [5.74, 6) is 0.669. The Balaban J connectivity index is 2.50. The molecule has 2 aromatic heterocycles. The molecular formula is C12H12N4O2. The highest BCUT2D eigenvalue weighted by atomic mass is 16.5. The van der Waals surface area contributed by atoms with E-state index in [1.165, 1.54) is 4.68 Å². The van der Waals surface area contributed by atoms with Gasteiger partial charge in [-0.15, -0.1) is 0 Å². The van der Waals surface area contributed by atoms with Crippen LogP contribution in [0, 0.1) is 32.1 Å². The summed E-state index contributed by atoms with van der Waals surface area (Å²) in [5.41, 5.74) is 1.61. The fourth-order valence-electron chi connectivity index (χ4n) is 1.66. The van der Waals surface area contributed by atoms with E-state index in [9.17, 15) is 4.79 Å². The van der Waals surface area contributed by atoms with Crippen LogP contribution in [-0.2, 0) is 6.54 Å². The Kier molecular flexibility index (Phi) is 2.98. The summed E-state index contributed by atoms with van der Waals surface area (Å²) in [6.45, 7) is 5.45. The molecule has 6 heteroatoms. The van der Waals surface area contributed by atoms with Gasteiger partial charge in [0.25, 0.3) is 5.56 Å². The Hall–Kier alpha value is -2.42. The highest BCUT2D eigenvalue weighted by molar-refractivity contribution is 5.36. The Morgan fingerprint density at radius 1 is 1.44 bits per heavy atom. The summed E-state index contributed by atoms with van der Waals surface area (Å²) < 4.78 is 6.16. The summed E-state index contributed by atoms with van der Waals surface area (Å²) in [6, 6.07) is 3.65. The van der Waals surface area contributed by atoms with Gasteiger partial charge in [-0.2, -0.15) is 10.4 Å². The lowest BCUT2D eigenvalue weighted by Gasteiger charge is -2.06. The summed E-state index contributed by atoms with van der Waals surface area (Å²) in [6.07, 6.45) is 0. The molecular weight excluding hydrogens is 232 g/mol. The average Bonchev–Trinajstić information content (AvgIpc) is 2.73. The molecule has 0 N–H and O–H groups in total. The zero-order valence-electron chi connectivity index (χ0n) is 10.4. The van der Waals surface area contributed by atoms with E-state index in [4.69, 9.17) is 9.78 Å². The molecule has 0 unspecified atom stereocenters. The Bertz CT molecular complexity index is 691. The van der Waals surface area contributed by atoms with Crippen LogP contribution in [0.4, 0.5) is 0 Å². The van der Waals surface area contributed by atoms with Crippen LogP contribution in [0.1, 0.15) is 28.3 Å². The lowest BCUT2D eigenvalue weighted by molar-refractivity contribution is 0.387. The van der Waals surface area contributed by atoms with Gasteiger partial charge in [0.1, 0.15) is 23.1 Å². The van der Waals surface area contributed by atoms with Gasteiger partial charge >= 0.3 is 0 Å². The van der Waals surface area contributed by atoms with E-state index in [2.05, 4.69) is 10.3 Å². The van der Waals surface area contributed by atoms with Gasteiger partial charge in [-0.3, -0.25) is 4.79 Å². The van der Waals surface area contributed by atoms with Crippen molar-refractivity contribution in [1.82, 2.24) is 14.9 Å². The molecule has 6 nitrogen and oxygen atoms in total. The summed E-state index contributed by atoms with van der Waals surface area (Å²) in [4.78, 5) is 12.0. The van der Waals surface area contributed by atoms with E-state index in [1.54, 1.807) is 26.8 Å². The van der Waals surface area contributed by atoms with Crippen LogP contribution in [0.3, 0.4) is 0 Å². The molecule has 0 aliphatic carbocycles. The molecule has 0 aliphatic heterocycles. The molecule has 0 spiro atoms. The zero-order valence-corrected chi connectivity index (χ0v) is 10.4. The molecule has 0 radical (unpaired) electrons. The van der Waals surface area contributed by atoms with Gasteiger partial charge in [0.15, 0.2) is 0 Å². The molecule has 0 saturated carbocycles. The molecule has 2 heterocycles. The first-order chi connectivity index (χ1) is 8.52. The molecule has 2 rings (SSSR count). The average molecular weight is 244 g/mol. The number of aryl methyl sites for hydroxylation is 2. The molecule has 0 atom stereocenters. The molecule has 18 heavy (non-hydrogen) atoms. The van der Waals surface area contributed by atoms with Crippen LogP contribution in [0.5, 0.6) is 0 Å². The number of hydrogen-bond acceptors (Lipinski definition) is 5. The number of rotatable bonds is 2. The van der Waals surface area contributed by atoms with Crippen molar-refractivity contribution >= 4 is 0 Å². The fraction of sp³-hybridized carbons (Fsp3) is 0.333. The molecule has 0 aromatic carbocycles. The van der Waals surface area contributed by atoms with E-state index in [0.29, 0.717) is 22.7 Å². The molecule has 0 amide bonds. The van der Waals surface area contributed by atoms with Crippen LogP contribution in [0.25, 0.3) is 0 Å². The highest BCUT2D eigenvalue weighted by Gasteiger charge is 2.12. The van der Waals surface area contributed by atoms with Crippen molar-refractivity contribution in [1.29, 1.82) is 5.26 Å². The van der Waals surface area contributed by atoms with E-state index in [-0.39, 0.29) is 12.1 Å². The summed E-state index contributed by atoms with van der Waals surface area (Å²) in [5, 5.41) is 17.0. The largest absolute Gasteiger partial charge is 0.361 e. The maximum atomic E-state index is 12.0.